The molecule has 1 aliphatic rings. The van der Waals surface area contributed by atoms with Gasteiger partial charge in [0, 0.05) is 18.3 Å². The van der Waals surface area contributed by atoms with Crippen LogP contribution in [0.3, 0.4) is 0 Å². The summed E-state index contributed by atoms with van der Waals surface area (Å²) in [6, 6.07) is 5.40. The van der Waals surface area contributed by atoms with Crippen molar-refractivity contribution in [1.29, 1.82) is 0 Å². The molecule has 1 fully saturated rings. The van der Waals surface area contributed by atoms with E-state index in [1.54, 1.807) is 6.07 Å². The summed E-state index contributed by atoms with van der Waals surface area (Å²) >= 11 is 5.90. The number of aliphatic hydroxyl groups is 1. The molecule has 0 radical (unpaired) electrons. The Balaban J connectivity index is 1.81. The summed E-state index contributed by atoms with van der Waals surface area (Å²) in [5, 5.41) is 11.9. The van der Waals surface area contributed by atoms with E-state index in [1.807, 2.05) is 6.92 Å². The average molecular weight is 421 g/mol. The molecule has 0 saturated carbocycles. The standard InChI is InChI=1S/C20H22ClFN4O3/c1-11-2-5-17(12-3-4-16(22)15(21)7-12)26(10-11)20(29)19(28)25-14-6-13(18(23)27)8-24-9-14/h3-4,6-9,11,17-18,27H,2,5,10,23H2,1H3,(H,25,28)/t11-,17+,18?/m1/s1. The van der Waals surface area contributed by atoms with Crippen LogP contribution in [0.4, 0.5) is 10.1 Å². The molecule has 7 nitrogen and oxygen atoms in total. The fraction of sp³-hybridized carbons (Fsp3) is 0.350. The lowest BCUT2D eigenvalue weighted by Crippen LogP contribution is -2.46. The Labute approximate surface area is 172 Å². The molecule has 4 N–H and O–H groups in total. The lowest BCUT2D eigenvalue weighted by atomic mass is 9.89. The van der Waals surface area contributed by atoms with E-state index in [0.29, 0.717) is 24.1 Å². The minimum atomic E-state index is -1.24. The lowest BCUT2D eigenvalue weighted by molar-refractivity contribution is -0.146. The lowest BCUT2D eigenvalue weighted by Gasteiger charge is -2.38. The van der Waals surface area contributed by atoms with Gasteiger partial charge in [0.2, 0.25) is 0 Å². The van der Waals surface area contributed by atoms with Crippen molar-refractivity contribution in [3.05, 3.63) is 58.6 Å². The summed E-state index contributed by atoms with van der Waals surface area (Å²) in [5.74, 6) is -1.86. The first-order valence-corrected chi connectivity index (χ1v) is 9.59. The minimum absolute atomic E-state index is 0.0267. The zero-order valence-corrected chi connectivity index (χ0v) is 16.6. The zero-order chi connectivity index (χ0) is 21.1. The number of rotatable bonds is 3. The van der Waals surface area contributed by atoms with Crippen molar-refractivity contribution in [3.63, 3.8) is 0 Å². The molecule has 0 spiro atoms. The molecule has 2 aromatic rings. The topological polar surface area (TPSA) is 109 Å². The van der Waals surface area contributed by atoms with E-state index in [1.165, 1.54) is 35.5 Å². The maximum atomic E-state index is 13.5. The molecule has 154 valence electrons. The number of anilines is 1. The Hall–Kier alpha value is -2.55. The molecular formula is C20H22ClFN4O3. The van der Waals surface area contributed by atoms with Crippen LogP contribution in [0.25, 0.3) is 0 Å². The number of nitrogens with two attached hydrogens (primary N) is 1. The van der Waals surface area contributed by atoms with Crippen LogP contribution < -0.4 is 11.1 Å². The van der Waals surface area contributed by atoms with Gasteiger partial charge in [-0.3, -0.25) is 14.6 Å². The maximum Gasteiger partial charge on any atom is 0.313 e. The fourth-order valence-electron chi connectivity index (χ4n) is 3.45. The van der Waals surface area contributed by atoms with E-state index in [4.69, 9.17) is 17.3 Å². The summed E-state index contributed by atoms with van der Waals surface area (Å²) in [5.41, 5.74) is 6.63. The van der Waals surface area contributed by atoms with Crippen LogP contribution in [-0.2, 0) is 9.59 Å². The molecule has 1 saturated heterocycles. The van der Waals surface area contributed by atoms with Gasteiger partial charge in [0.1, 0.15) is 12.0 Å². The van der Waals surface area contributed by atoms with Crippen molar-refractivity contribution in [3.8, 4) is 0 Å². The number of hydrogen-bond acceptors (Lipinski definition) is 5. The Bertz CT molecular complexity index is 924. The summed E-state index contributed by atoms with van der Waals surface area (Å²) in [4.78, 5) is 30.9. The predicted octanol–water partition coefficient (Wildman–Crippen LogP) is 2.76. The Kier molecular flexibility index (Phi) is 6.46. The highest BCUT2D eigenvalue weighted by Crippen LogP contribution is 2.35. The second-order valence-electron chi connectivity index (χ2n) is 7.24. The van der Waals surface area contributed by atoms with Crippen LogP contribution >= 0.6 is 11.6 Å². The van der Waals surface area contributed by atoms with Gasteiger partial charge in [0.25, 0.3) is 0 Å². The highest BCUT2D eigenvalue weighted by molar-refractivity contribution is 6.39. The normalized spacial score (nSPS) is 20.2. The van der Waals surface area contributed by atoms with E-state index >= 15 is 0 Å². The number of pyridine rings is 1. The quantitative estimate of drug-likeness (QED) is 0.522. The van der Waals surface area contributed by atoms with E-state index in [0.717, 1.165) is 6.42 Å². The maximum absolute atomic E-state index is 13.5. The Morgan fingerprint density at radius 2 is 2.10 bits per heavy atom. The third-order valence-electron chi connectivity index (χ3n) is 4.96. The SMILES string of the molecule is C[C@@H]1CC[C@@H](c2ccc(F)c(Cl)c2)N(C(=O)C(=O)Nc2cncc(C(N)O)c2)C1. The predicted molar refractivity (Wildman–Crippen MR) is 106 cm³/mol. The number of hydrogen-bond donors (Lipinski definition) is 3. The van der Waals surface area contributed by atoms with Crippen molar-refractivity contribution in [1.82, 2.24) is 9.88 Å². The largest absolute Gasteiger partial charge is 0.374 e. The number of aromatic nitrogens is 1. The van der Waals surface area contributed by atoms with Gasteiger partial charge in [0.15, 0.2) is 0 Å². The van der Waals surface area contributed by atoms with Crippen molar-refractivity contribution >= 4 is 29.1 Å². The van der Waals surface area contributed by atoms with E-state index < -0.39 is 23.9 Å². The van der Waals surface area contributed by atoms with Gasteiger partial charge in [-0.1, -0.05) is 24.6 Å². The molecule has 0 aliphatic carbocycles. The number of nitrogens with zero attached hydrogens (tertiary/aromatic N) is 2. The fourth-order valence-corrected chi connectivity index (χ4v) is 3.64. The van der Waals surface area contributed by atoms with Crippen LogP contribution in [0, 0.1) is 11.7 Å². The highest BCUT2D eigenvalue weighted by Gasteiger charge is 2.34. The van der Waals surface area contributed by atoms with Gasteiger partial charge in [-0.25, -0.2) is 4.39 Å². The molecule has 1 aromatic carbocycles. The summed E-state index contributed by atoms with van der Waals surface area (Å²) in [6.07, 6.45) is 2.98. The van der Waals surface area contributed by atoms with Gasteiger partial charge in [-0.15, -0.1) is 0 Å². The molecule has 1 aromatic heterocycles. The highest BCUT2D eigenvalue weighted by atomic mass is 35.5. The molecule has 3 atom stereocenters. The first-order valence-electron chi connectivity index (χ1n) is 9.21. The molecule has 1 unspecified atom stereocenters. The average Bonchev–Trinajstić information content (AvgIpc) is 2.69. The zero-order valence-electron chi connectivity index (χ0n) is 15.8. The Morgan fingerprint density at radius 1 is 1.34 bits per heavy atom. The third-order valence-corrected chi connectivity index (χ3v) is 5.25. The van der Waals surface area contributed by atoms with Crippen LogP contribution in [0.5, 0.6) is 0 Å². The molecule has 29 heavy (non-hydrogen) atoms. The smallest absolute Gasteiger partial charge is 0.313 e. The van der Waals surface area contributed by atoms with Crippen LogP contribution in [0.15, 0.2) is 36.7 Å². The number of halogens is 2. The van der Waals surface area contributed by atoms with Crippen LogP contribution in [0.2, 0.25) is 5.02 Å². The number of carbonyl (C=O) groups excluding carboxylic acids is 2. The van der Waals surface area contributed by atoms with E-state index in [9.17, 15) is 19.1 Å². The third kappa shape index (κ3) is 4.90. The van der Waals surface area contributed by atoms with Gasteiger partial charge < -0.3 is 21.1 Å². The number of benzene rings is 1. The summed E-state index contributed by atoms with van der Waals surface area (Å²) < 4.78 is 13.5. The second-order valence-corrected chi connectivity index (χ2v) is 7.64. The van der Waals surface area contributed by atoms with Crippen LogP contribution in [-0.4, -0.2) is 33.3 Å². The summed E-state index contributed by atoms with van der Waals surface area (Å²) in [6.45, 7) is 2.40. The first kappa shape index (κ1) is 21.2. The first-order chi connectivity index (χ1) is 13.8. The molecule has 1 aliphatic heterocycles. The molecule has 2 amide bonds. The number of carbonyl (C=O) groups is 2. The minimum Gasteiger partial charge on any atom is -0.374 e. The van der Waals surface area contributed by atoms with Gasteiger partial charge in [-0.2, -0.15) is 0 Å². The number of amides is 2. The Morgan fingerprint density at radius 3 is 2.79 bits per heavy atom. The molecule has 9 heteroatoms. The van der Waals surface area contributed by atoms with E-state index in [-0.39, 0.29) is 22.7 Å². The van der Waals surface area contributed by atoms with Crippen molar-refractivity contribution in [2.45, 2.75) is 32.0 Å². The molecule has 3 rings (SSSR count). The van der Waals surface area contributed by atoms with Crippen LogP contribution in [0.1, 0.15) is 43.2 Å². The monoisotopic (exact) mass is 420 g/mol. The number of nitrogens with one attached hydrogen (secondary N) is 1. The van der Waals surface area contributed by atoms with Crippen molar-refractivity contribution in [2.75, 3.05) is 11.9 Å². The number of likely N-dealkylation sites (tertiary alicyclic amines) is 1. The number of aliphatic hydroxyl groups excluding tert-OH is 1. The second kappa shape index (κ2) is 8.86. The van der Waals surface area contributed by atoms with Gasteiger partial charge in [-0.05, 0) is 42.5 Å². The molecule has 2 heterocycles. The molecular weight excluding hydrogens is 399 g/mol. The van der Waals surface area contributed by atoms with Gasteiger partial charge in [0.05, 0.1) is 22.9 Å². The summed E-state index contributed by atoms with van der Waals surface area (Å²) in [7, 11) is 0. The van der Waals surface area contributed by atoms with E-state index in [2.05, 4.69) is 10.3 Å². The van der Waals surface area contributed by atoms with Gasteiger partial charge >= 0.3 is 11.8 Å². The number of piperidine rings is 1. The van der Waals surface area contributed by atoms with Crippen molar-refractivity contribution in [2.24, 2.45) is 11.7 Å². The molecule has 0 bridgehead atoms. The van der Waals surface area contributed by atoms with Crippen molar-refractivity contribution < 1.29 is 19.1 Å².